The molecule has 6 N–H and O–H groups in total. The van der Waals surface area contributed by atoms with Crippen molar-refractivity contribution in [1.29, 1.82) is 5.41 Å². The average Bonchev–Trinajstić information content (AvgIpc) is 3.16. The highest BCUT2D eigenvalue weighted by molar-refractivity contribution is 5.87. The molecule has 0 unspecified atom stereocenters. The highest BCUT2D eigenvalue weighted by Gasteiger charge is 2.04. The molecule has 2 heterocycles. The lowest BCUT2D eigenvalue weighted by atomic mass is 10.1. The van der Waals surface area contributed by atoms with Crippen molar-refractivity contribution in [1.82, 2.24) is 15.0 Å². The standard InChI is InChI=1S/C20H19N7/c21-11-15-10-16(2-3-17(15)22)26-20-24-8-6-19(27-20)25-12-13-1-4-18-14(9-13)5-7-23-18/h1-11,21,23H,12,22H2,(H2,24,25,26,27). The van der Waals surface area contributed by atoms with E-state index in [1.54, 1.807) is 18.3 Å². The molecule has 0 fully saturated rings. The zero-order valence-corrected chi connectivity index (χ0v) is 14.5. The summed E-state index contributed by atoms with van der Waals surface area (Å²) in [7, 11) is 0. The van der Waals surface area contributed by atoms with Gasteiger partial charge in [0.05, 0.1) is 0 Å². The van der Waals surface area contributed by atoms with Crippen LogP contribution in [0.1, 0.15) is 11.1 Å². The summed E-state index contributed by atoms with van der Waals surface area (Å²) in [5.41, 5.74) is 10.1. The first-order valence-corrected chi connectivity index (χ1v) is 8.51. The molecule has 0 aliphatic carbocycles. The summed E-state index contributed by atoms with van der Waals surface area (Å²) in [6, 6.07) is 15.6. The maximum Gasteiger partial charge on any atom is 0.229 e. The third kappa shape index (κ3) is 3.72. The number of anilines is 4. The highest BCUT2D eigenvalue weighted by Crippen LogP contribution is 2.20. The van der Waals surface area contributed by atoms with Crippen molar-refractivity contribution in [2.75, 3.05) is 16.4 Å². The van der Waals surface area contributed by atoms with E-state index < -0.39 is 0 Å². The Morgan fingerprint density at radius 1 is 1.11 bits per heavy atom. The van der Waals surface area contributed by atoms with Gasteiger partial charge in [-0.05, 0) is 53.4 Å². The molecule has 0 amide bonds. The zero-order chi connectivity index (χ0) is 18.6. The molecule has 0 aliphatic rings. The van der Waals surface area contributed by atoms with Crippen LogP contribution in [0.4, 0.5) is 23.1 Å². The van der Waals surface area contributed by atoms with Gasteiger partial charge in [0.2, 0.25) is 5.95 Å². The summed E-state index contributed by atoms with van der Waals surface area (Å²) in [5.74, 6) is 1.20. The lowest BCUT2D eigenvalue weighted by molar-refractivity contribution is 1.09. The van der Waals surface area contributed by atoms with Crippen LogP contribution in [0, 0.1) is 5.41 Å². The van der Waals surface area contributed by atoms with Crippen molar-refractivity contribution >= 4 is 40.3 Å². The number of hydrogen-bond acceptors (Lipinski definition) is 6. The van der Waals surface area contributed by atoms with Crippen molar-refractivity contribution in [3.8, 4) is 0 Å². The number of aromatic nitrogens is 3. The molecule has 4 aromatic rings. The molecule has 0 saturated carbocycles. The number of fused-ring (bicyclic) bond motifs is 1. The minimum absolute atomic E-state index is 0.474. The molecule has 2 aromatic heterocycles. The molecule has 0 saturated heterocycles. The summed E-state index contributed by atoms with van der Waals surface area (Å²) in [5, 5.41) is 15.0. The Morgan fingerprint density at radius 3 is 2.93 bits per heavy atom. The second-order valence-corrected chi connectivity index (χ2v) is 6.13. The van der Waals surface area contributed by atoms with Gasteiger partial charge in [-0.1, -0.05) is 6.07 Å². The van der Waals surface area contributed by atoms with Gasteiger partial charge in [-0.2, -0.15) is 4.98 Å². The number of nitrogen functional groups attached to an aromatic ring is 1. The second kappa shape index (κ2) is 7.17. The number of benzene rings is 2. The number of nitrogens with two attached hydrogens (primary N) is 1. The largest absolute Gasteiger partial charge is 0.398 e. The van der Waals surface area contributed by atoms with Gasteiger partial charge in [0.15, 0.2) is 0 Å². The third-order valence-corrected chi connectivity index (χ3v) is 4.25. The van der Waals surface area contributed by atoms with Gasteiger partial charge in [-0.15, -0.1) is 0 Å². The molecule has 7 heteroatoms. The SMILES string of the molecule is N=Cc1cc(Nc2nccc(NCc3ccc4[nH]ccc4c3)n2)ccc1N. The molecule has 134 valence electrons. The zero-order valence-electron chi connectivity index (χ0n) is 14.5. The summed E-state index contributed by atoms with van der Waals surface area (Å²) >= 11 is 0. The Kier molecular flexibility index (Phi) is 4.40. The van der Waals surface area contributed by atoms with Gasteiger partial charge >= 0.3 is 0 Å². The first-order valence-electron chi connectivity index (χ1n) is 8.51. The lowest BCUT2D eigenvalue weighted by Crippen LogP contribution is -2.04. The minimum atomic E-state index is 0.474. The summed E-state index contributed by atoms with van der Waals surface area (Å²) in [4.78, 5) is 11.9. The van der Waals surface area contributed by atoms with E-state index in [9.17, 15) is 0 Å². The Morgan fingerprint density at radius 2 is 2.04 bits per heavy atom. The predicted molar refractivity (Wildman–Crippen MR) is 110 cm³/mol. The molecule has 2 aromatic carbocycles. The van der Waals surface area contributed by atoms with Crippen LogP contribution in [-0.2, 0) is 6.54 Å². The highest BCUT2D eigenvalue weighted by atomic mass is 15.1. The molecule has 0 spiro atoms. The van der Waals surface area contributed by atoms with Crippen LogP contribution < -0.4 is 16.4 Å². The van der Waals surface area contributed by atoms with E-state index >= 15 is 0 Å². The van der Waals surface area contributed by atoms with E-state index in [-0.39, 0.29) is 0 Å². The quantitative estimate of drug-likeness (QED) is 0.265. The van der Waals surface area contributed by atoms with Crippen molar-refractivity contribution in [3.05, 3.63) is 72.1 Å². The summed E-state index contributed by atoms with van der Waals surface area (Å²) in [6.45, 7) is 0.664. The normalized spacial score (nSPS) is 10.7. The van der Waals surface area contributed by atoms with Crippen LogP contribution in [-0.4, -0.2) is 21.2 Å². The van der Waals surface area contributed by atoms with E-state index in [1.165, 1.54) is 17.2 Å². The molecule has 0 bridgehead atoms. The minimum Gasteiger partial charge on any atom is -0.398 e. The topological polar surface area (TPSA) is 116 Å². The van der Waals surface area contributed by atoms with E-state index in [4.69, 9.17) is 11.1 Å². The first-order chi connectivity index (χ1) is 13.2. The fraction of sp³-hybridized carbons (Fsp3) is 0.0500. The molecular weight excluding hydrogens is 338 g/mol. The van der Waals surface area contributed by atoms with Gasteiger partial charge in [-0.3, -0.25) is 0 Å². The number of nitrogens with one attached hydrogen (secondary N) is 4. The van der Waals surface area contributed by atoms with Crippen molar-refractivity contribution in [2.45, 2.75) is 6.54 Å². The van der Waals surface area contributed by atoms with Gasteiger partial charge < -0.3 is 26.8 Å². The molecule has 27 heavy (non-hydrogen) atoms. The smallest absolute Gasteiger partial charge is 0.229 e. The van der Waals surface area contributed by atoms with Crippen LogP contribution in [0.3, 0.4) is 0 Å². The van der Waals surface area contributed by atoms with Gasteiger partial charge in [0, 0.05) is 47.6 Å². The molecular formula is C20H19N7. The third-order valence-electron chi connectivity index (χ3n) is 4.25. The van der Waals surface area contributed by atoms with Crippen LogP contribution in [0.2, 0.25) is 0 Å². The molecule has 4 rings (SSSR count). The average molecular weight is 357 g/mol. The molecule has 0 atom stereocenters. The van der Waals surface area contributed by atoms with Crippen LogP contribution >= 0.6 is 0 Å². The predicted octanol–water partition coefficient (Wildman–Crippen LogP) is 3.89. The fourth-order valence-corrected chi connectivity index (χ4v) is 2.83. The first kappa shape index (κ1) is 16.6. The van der Waals surface area contributed by atoms with Crippen LogP contribution in [0.15, 0.2) is 60.9 Å². The van der Waals surface area contributed by atoms with Crippen molar-refractivity contribution in [3.63, 3.8) is 0 Å². The second-order valence-electron chi connectivity index (χ2n) is 6.13. The molecule has 0 aliphatic heterocycles. The fourth-order valence-electron chi connectivity index (χ4n) is 2.83. The van der Waals surface area contributed by atoms with Crippen LogP contribution in [0.5, 0.6) is 0 Å². The molecule has 7 nitrogen and oxygen atoms in total. The number of aromatic amines is 1. The van der Waals surface area contributed by atoms with Gasteiger partial charge in [0.25, 0.3) is 0 Å². The summed E-state index contributed by atoms with van der Waals surface area (Å²) < 4.78 is 0. The Hall–Kier alpha value is -3.87. The van der Waals surface area contributed by atoms with Gasteiger partial charge in [0.1, 0.15) is 5.82 Å². The number of nitrogens with zero attached hydrogens (tertiary/aromatic N) is 2. The van der Waals surface area contributed by atoms with E-state index in [0.717, 1.165) is 17.0 Å². The van der Waals surface area contributed by atoms with Crippen molar-refractivity contribution in [2.24, 2.45) is 0 Å². The van der Waals surface area contributed by atoms with Crippen molar-refractivity contribution < 1.29 is 0 Å². The maximum atomic E-state index is 7.40. The summed E-state index contributed by atoms with van der Waals surface area (Å²) in [6.07, 6.45) is 4.86. The Balaban J connectivity index is 1.46. The Bertz CT molecular complexity index is 1100. The number of hydrogen-bond donors (Lipinski definition) is 5. The van der Waals surface area contributed by atoms with E-state index in [1.807, 2.05) is 18.3 Å². The number of H-pyrrole nitrogens is 1. The van der Waals surface area contributed by atoms with E-state index in [2.05, 4.69) is 49.9 Å². The lowest BCUT2D eigenvalue weighted by Gasteiger charge is -2.10. The monoisotopic (exact) mass is 357 g/mol. The van der Waals surface area contributed by atoms with Crippen LogP contribution in [0.25, 0.3) is 10.9 Å². The van der Waals surface area contributed by atoms with E-state index in [0.29, 0.717) is 23.7 Å². The Labute approximate surface area is 156 Å². The maximum absolute atomic E-state index is 7.40. The molecule has 0 radical (unpaired) electrons. The van der Waals surface area contributed by atoms with Gasteiger partial charge in [-0.25, -0.2) is 4.98 Å². The number of rotatable bonds is 6.